The number of nitrogens with one attached hydrogen (secondary N) is 2. The van der Waals surface area contributed by atoms with Crippen LogP contribution in [0.2, 0.25) is 0 Å². The van der Waals surface area contributed by atoms with Crippen LogP contribution >= 0.6 is 0 Å². The van der Waals surface area contributed by atoms with Gasteiger partial charge in [-0.1, -0.05) is 6.07 Å². The zero-order valence-electron chi connectivity index (χ0n) is 14.8. The molecule has 6 nitrogen and oxygen atoms in total. The summed E-state index contributed by atoms with van der Waals surface area (Å²) >= 11 is 0. The van der Waals surface area contributed by atoms with E-state index in [-0.39, 0.29) is 24.1 Å². The van der Waals surface area contributed by atoms with Crippen molar-refractivity contribution in [3.8, 4) is 0 Å². The highest BCUT2D eigenvalue weighted by molar-refractivity contribution is 6.07. The lowest BCUT2D eigenvalue weighted by molar-refractivity contribution is -0.115. The molecule has 3 amide bonds. The van der Waals surface area contributed by atoms with E-state index >= 15 is 0 Å². The van der Waals surface area contributed by atoms with Gasteiger partial charge < -0.3 is 15.5 Å². The quantitative estimate of drug-likeness (QED) is 0.869. The van der Waals surface area contributed by atoms with Crippen molar-refractivity contribution in [2.45, 2.75) is 20.3 Å². The summed E-state index contributed by atoms with van der Waals surface area (Å²) < 4.78 is 0. The van der Waals surface area contributed by atoms with Crippen LogP contribution in [0.1, 0.15) is 40.1 Å². The van der Waals surface area contributed by atoms with Crippen molar-refractivity contribution in [3.05, 3.63) is 59.2 Å². The molecule has 6 heteroatoms. The first kappa shape index (κ1) is 17.7. The average Bonchev–Trinajstić information content (AvgIpc) is 3.02. The molecular formula is C20H21N3O3. The third-order valence-corrected chi connectivity index (χ3v) is 4.41. The average molecular weight is 351 g/mol. The van der Waals surface area contributed by atoms with E-state index < -0.39 is 0 Å². The largest absolute Gasteiger partial charge is 0.339 e. The Balaban J connectivity index is 1.76. The smallest absolute Gasteiger partial charge is 0.255 e. The molecule has 0 aromatic heterocycles. The van der Waals surface area contributed by atoms with Crippen LogP contribution in [0.5, 0.6) is 0 Å². The van der Waals surface area contributed by atoms with Gasteiger partial charge in [-0.25, -0.2) is 0 Å². The van der Waals surface area contributed by atoms with Crippen molar-refractivity contribution in [1.82, 2.24) is 4.90 Å². The van der Waals surface area contributed by atoms with Crippen molar-refractivity contribution >= 4 is 29.1 Å². The second-order valence-corrected chi connectivity index (χ2v) is 6.11. The van der Waals surface area contributed by atoms with Gasteiger partial charge in [-0.15, -0.1) is 0 Å². The molecule has 1 aliphatic heterocycles. The Morgan fingerprint density at radius 1 is 1.08 bits per heavy atom. The molecule has 0 fully saturated rings. The maximum Gasteiger partial charge on any atom is 0.255 e. The Kier molecular flexibility index (Phi) is 5.02. The molecule has 0 saturated heterocycles. The van der Waals surface area contributed by atoms with Crippen molar-refractivity contribution in [2.24, 2.45) is 0 Å². The monoisotopic (exact) mass is 351 g/mol. The lowest BCUT2D eigenvalue weighted by atomic mass is 10.1. The second kappa shape index (κ2) is 7.39. The topological polar surface area (TPSA) is 78.5 Å². The highest BCUT2D eigenvalue weighted by Crippen LogP contribution is 2.24. The molecule has 0 radical (unpaired) electrons. The van der Waals surface area contributed by atoms with Crippen LogP contribution in [-0.2, 0) is 11.2 Å². The lowest BCUT2D eigenvalue weighted by Crippen LogP contribution is -2.30. The fourth-order valence-electron chi connectivity index (χ4n) is 3.00. The summed E-state index contributed by atoms with van der Waals surface area (Å²) in [6, 6.07) is 12.0. The molecular weight excluding hydrogens is 330 g/mol. The molecule has 2 N–H and O–H groups in total. The van der Waals surface area contributed by atoms with Crippen LogP contribution in [0.4, 0.5) is 11.4 Å². The predicted molar refractivity (Wildman–Crippen MR) is 100 cm³/mol. The molecule has 1 aliphatic rings. The third-order valence-electron chi connectivity index (χ3n) is 4.41. The minimum atomic E-state index is -0.278. The van der Waals surface area contributed by atoms with E-state index in [0.29, 0.717) is 29.9 Å². The first-order chi connectivity index (χ1) is 12.5. The van der Waals surface area contributed by atoms with Gasteiger partial charge in [0.1, 0.15) is 0 Å². The Morgan fingerprint density at radius 3 is 2.58 bits per heavy atom. The number of anilines is 2. The van der Waals surface area contributed by atoms with Gasteiger partial charge in [0, 0.05) is 35.6 Å². The first-order valence-electron chi connectivity index (χ1n) is 8.65. The van der Waals surface area contributed by atoms with Crippen molar-refractivity contribution in [3.63, 3.8) is 0 Å². The van der Waals surface area contributed by atoms with Gasteiger partial charge in [0.25, 0.3) is 11.8 Å². The molecule has 0 bridgehead atoms. The van der Waals surface area contributed by atoms with E-state index in [4.69, 9.17) is 0 Å². The SMILES string of the molecule is CCN(CC)C(=O)c1cccc(NC(=O)c2ccc3c(c2)CC(=O)N3)c1. The van der Waals surface area contributed by atoms with Gasteiger partial charge in [0.2, 0.25) is 5.91 Å². The van der Waals surface area contributed by atoms with Crippen LogP contribution < -0.4 is 10.6 Å². The lowest BCUT2D eigenvalue weighted by Gasteiger charge is -2.19. The maximum absolute atomic E-state index is 12.5. The number of nitrogens with zero attached hydrogens (tertiary/aromatic N) is 1. The summed E-state index contributed by atoms with van der Waals surface area (Å²) in [6.07, 6.45) is 0.282. The van der Waals surface area contributed by atoms with E-state index in [9.17, 15) is 14.4 Å². The summed E-state index contributed by atoms with van der Waals surface area (Å²) in [7, 11) is 0. The van der Waals surface area contributed by atoms with Crippen LogP contribution in [0, 0.1) is 0 Å². The Labute approximate surface area is 152 Å². The molecule has 0 aliphatic carbocycles. The highest BCUT2D eigenvalue weighted by atomic mass is 16.2. The number of fused-ring (bicyclic) bond motifs is 1. The molecule has 0 saturated carbocycles. The van der Waals surface area contributed by atoms with E-state index in [1.54, 1.807) is 47.4 Å². The third kappa shape index (κ3) is 3.59. The molecule has 2 aromatic carbocycles. The van der Waals surface area contributed by atoms with E-state index in [1.165, 1.54) is 0 Å². The summed E-state index contributed by atoms with van der Waals surface area (Å²) in [5, 5.41) is 5.56. The number of carbonyl (C=O) groups excluding carboxylic acids is 3. The molecule has 0 atom stereocenters. The summed E-state index contributed by atoms with van der Waals surface area (Å²) in [4.78, 5) is 38.1. The standard InChI is InChI=1S/C20H21N3O3/c1-3-23(4-2)20(26)14-6-5-7-16(11-14)21-19(25)13-8-9-17-15(10-13)12-18(24)22-17/h5-11H,3-4,12H2,1-2H3,(H,21,25)(H,22,24). The van der Waals surface area contributed by atoms with Gasteiger partial charge >= 0.3 is 0 Å². The van der Waals surface area contributed by atoms with Crippen LogP contribution in [0.15, 0.2) is 42.5 Å². The van der Waals surface area contributed by atoms with Gasteiger partial charge in [-0.3, -0.25) is 14.4 Å². The van der Waals surface area contributed by atoms with Gasteiger partial charge in [0.15, 0.2) is 0 Å². The highest BCUT2D eigenvalue weighted by Gasteiger charge is 2.19. The number of carbonyl (C=O) groups is 3. The summed E-state index contributed by atoms with van der Waals surface area (Å²) in [6.45, 7) is 5.13. The van der Waals surface area contributed by atoms with Gasteiger partial charge in [-0.05, 0) is 55.8 Å². The molecule has 0 spiro atoms. The van der Waals surface area contributed by atoms with E-state index in [0.717, 1.165) is 11.3 Å². The fraction of sp³-hybridized carbons (Fsp3) is 0.250. The van der Waals surface area contributed by atoms with Crippen LogP contribution in [0.25, 0.3) is 0 Å². The molecule has 26 heavy (non-hydrogen) atoms. The Morgan fingerprint density at radius 2 is 1.85 bits per heavy atom. The minimum absolute atomic E-state index is 0.0618. The number of amides is 3. The number of hydrogen-bond acceptors (Lipinski definition) is 3. The Hall–Kier alpha value is -3.15. The van der Waals surface area contributed by atoms with Crippen LogP contribution in [-0.4, -0.2) is 35.7 Å². The van der Waals surface area contributed by atoms with Gasteiger partial charge in [-0.2, -0.15) is 0 Å². The summed E-state index contributed by atoms with van der Waals surface area (Å²) in [5.74, 6) is -0.409. The number of benzene rings is 2. The first-order valence-corrected chi connectivity index (χ1v) is 8.65. The molecule has 134 valence electrons. The Bertz CT molecular complexity index is 872. The molecule has 3 rings (SSSR count). The zero-order valence-corrected chi connectivity index (χ0v) is 14.8. The van der Waals surface area contributed by atoms with Crippen LogP contribution in [0.3, 0.4) is 0 Å². The van der Waals surface area contributed by atoms with Crippen molar-refractivity contribution in [2.75, 3.05) is 23.7 Å². The molecule has 0 unspecified atom stereocenters. The minimum Gasteiger partial charge on any atom is -0.339 e. The van der Waals surface area contributed by atoms with E-state index in [2.05, 4.69) is 10.6 Å². The van der Waals surface area contributed by atoms with Crippen molar-refractivity contribution < 1.29 is 14.4 Å². The zero-order chi connectivity index (χ0) is 18.7. The number of rotatable bonds is 5. The summed E-state index contributed by atoms with van der Waals surface area (Å²) in [5.41, 5.74) is 3.13. The van der Waals surface area contributed by atoms with Gasteiger partial charge in [0.05, 0.1) is 6.42 Å². The maximum atomic E-state index is 12.5. The normalized spacial score (nSPS) is 12.3. The second-order valence-electron chi connectivity index (χ2n) is 6.11. The fourth-order valence-corrected chi connectivity index (χ4v) is 3.00. The van der Waals surface area contributed by atoms with E-state index in [1.807, 2.05) is 13.8 Å². The molecule has 2 aromatic rings. The predicted octanol–water partition coefficient (Wildman–Crippen LogP) is 2.92. The number of hydrogen-bond donors (Lipinski definition) is 2. The molecule has 1 heterocycles. The van der Waals surface area contributed by atoms with Crippen molar-refractivity contribution in [1.29, 1.82) is 0 Å².